The summed E-state index contributed by atoms with van der Waals surface area (Å²) in [5.41, 5.74) is 5.44. The maximum absolute atomic E-state index is 13.8. The molecule has 1 aromatic carbocycles. The van der Waals surface area contributed by atoms with Gasteiger partial charge in [-0.2, -0.15) is 0 Å². The molecule has 1 saturated heterocycles. The summed E-state index contributed by atoms with van der Waals surface area (Å²) in [5, 5.41) is 2.14. The van der Waals surface area contributed by atoms with Gasteiger partial charge in [0.15, 0.2) is 0 Å². The molecule has 2 heterocycles. The van der Waals surface area contributed by atoms with Crippen molar-refractivity contribution in [2.75, 3.05) is 5.73 Å². The van der Waals surface area contributed by atoms with Crippen molar-refractivity contribution in [3.05, 3.63) is 29.0 Å². The molecule has 1 atom stereocenters. The number of piperidine rings is 1. The molecule has 0 aromatic heterocycles. The number of nitrogens with zero attached hydrogens (tertiary/aromatic N) is 1. The van der Waals surface area contributed by atoms with Crippen LogP contribution in [0.25, 0.3) is 0 Å². The van der Waals surface area contributed by atoms with Crippen LogP contribution in [0.4, 0.5) is 10.1 Å². The summed E-state index contributed by atoms with van der Waals surface area (Å²) < 4.78 is 29.0. The number of fused-ring (bicyclic) bond motifs is 1. The number of hydrogen-bond donors (Lipinski definition) is 2. The minimum atomic E-state index is -1.16. The number of carbonyl (C=O) groups excluding carboxylic acids is 3. The second kappa shape index (κ2) is 4.29. The first kappa shape index (κ1) is 10.4. The molecule has 0 radical (unpaired) electrons. The summed E-state index contributed by atoms with van der Waals surface area (Å²) in [6, 6.07) is -2.18. The van der Waals surface area contributed by atoms with E-state index in [-0.39, 0.29) is 36.2 Å². The smallest absolute Gasteiger partial charge is 0.255 e. The maximum atomic E-state index is 13.8. The largest absolute Gasteiger partial charge is 0.398 e. The standard InChI is InChI=1S/C13H12FN3O3/c14-6-3-7-8(9(15)4-6)5-17(13(7)20)10-1-2-11(18)16-12(10)19/h3-4,10H,1-2,5,15H2,(H,16,18,19)/t10-/m1/s1/i3D,4D. The van der Waals surface area contributed by atoms with E-state index >= 15 is 0 Å². The molecule has 0 spiro atoms. The van der Waals surface area contributed by atoms with Crippen LogP contribution in [0.1, 0.15) is 31.5 Å². The summed E-state index contributed by atoms with van der Waals surface area (Å²) in [7, 11) is 0. The van der Waals surface area contributed by atoms with Crippen LogP contribution in [-0.2, 0) is 16.1 Å². The van der Waals surface area contributed by atoms with Crippen molar-refractivity contribution in [1.29, 1.82) is 0 Å². The zero-order valence-electron chi connectivity index (χ0n) is 12.3. The molecule has 6 nitrogen and oxygen atoms in total. The molecule has 2 aliphatic rings. The minimum Gasteiger partial charge on any atom is -0.398 e. The Bertz CT molecular complexity index is 738. The highest BCUT2D eigenvalue weighted by Crippen LogP contribution is 2.31. The van der Waals surface area contributed by atoms with E-state index in [9.17, 15) is 18.8 Å². The van der Waals surface area contributed by atoms with Crippen LogP contribution in [0.2, 0.25) is 0 Å². The molecule has 7 heteroatoms. The molecule has 0 saturated carbocycles. The van der Waals surface area contributed by atoms with Crippen molar-refractivity contribution in [2.24, 2.45) is 0 Å². The second-order valence-electron chi connectivity index (χ2n) is 4.73. The molecule has 0 unspecified atom stereocenters. The number of carbonyl (C=O) groups is 3. The number of benzene rings is 1. The lowest BCUT2D eigenvalue weighted by Gasteiger charge is -2.29. The van der Waals surface area contributed by atoms with Crippen LogP contribution < -0.4 is 11.1 Å². The topological polar surface area (TPSA) is 92.5 Å². The van der Waals surface area contributed by atoms with Gasteiger partial charge in [0.2, 0.25) is 11.8 Å². The summed E-state index contributed by atoms with van der Waals surface area (Å²) in [6.07, 6.45) is 0.256. The number of imide groups is 1. The fourth-order valence-corrected chi connectivity index (χ4v) is 2.51. The van der Waals surface area contributed by atoms with Gasteiger partial charge in [-0.15, -0.1) is 0 Å². The third-order valence-corrected chi connectivity index (χ3v) is 3.50. The van der Waals surface area contributed by atoms with Gasteiger partial charge in [-0.05, 0) is 18.5 Å². The van der Waals surface area contributed by atoms with E-state index in [4.69, 9.17) is 8.48 Å². The zero-order valence-corrected chi connectivity index (χ0v) is 10.3. The minimum absolute atomic E-state index is 0.0791. The number of nitrogens with one attached hydrogen (secondary N) is 1. The summed E-state index contributed by atoms with van der Waals surface area (Å²) in [5.74, 6) is -2.85. The van der Waals surface area contributed by atoms with Gasteiger partial charge in [0.25, 0.3) is 5.91 Å². The Morgan fingerprint density at radius 1 is 1.40 bits per heavy atom. The number of hydrogen-bond acceptors (Lipinski definition) is 4. The Hall–Kier alpha value is -2.44. The Labute approximate surface area is 116 Å². The van der Waals surface area contributed by atoms with Gasteiger partial charge in [0.1, 0.15) is 11.9 Å². The van der Waals surface area contributed by atoms with E-state index in [1.165, 1.54) is 4.90 Å². The SMILES string of the molecule is [2H]c1c(N)c2c(c([2H])c1F)C(=O)N([C@@H]1CCC(=O)NC1=O)C2. The molecule has 20 heavy (non-hydrogen) atoms. The fraction of sp³-hybridized carbons (Fsp3) is 0.308. The van der Waals surface area contributed by atoms with Crippen molar-refractivity contribution >= 4 is 23.4 Å². The molecule has 0 bridgehead atoms. The van der Waals surface area contributed by atoms with Gasteiger partial charge in [0.05, 0.1) is 2.74 Å². The lowest BCUT2D eigenvalue weighted by atomic mass is 10.0. The van der Waals surface area contributed by atoms with Crippen molar-refractivity contribution in [3.63, 3.8) is 0 Å². The Kier molecular flexibility index (Phi) is 2.22. The summed E-state index contributed by atoms with van der Waals surface area (Å²) in [4.78, 5) is 36.6. The van der Waals surface area contributed by atoms with E-state index < -0.39 is 41.7 Å². The lowest BCUT2D eigenvalue weighted by Crippen LogP contribution is -2.52. The van der Waals surface area contributed by atoms with E-state index in [0.29, 0.717) is 0 Å². The van der Waals surface area contributed by atoms with Crippen LogP contribution in [-0.4, -0.2) is 28.7 Å². The number of rotatable bonds is 1. The first-order valence-corrected chi connectivity index (χ1v) is 6.04. The third-order valence-electron chi connectivity index (χ3n) is 3.50. The third kappa shape index (κ3) is 1.82. The van der Waals surface area contributed by atoms with E-state index in [1.807, 2.05) is 0 Å². The van der Waals surface area contributed by atoms with E-state index in [0.717, 1.165) is 0 Å². The number of nitrogens with two attached hydrogens (primary N) is 1. The van der Waals surface area contributed by atoms with Gasteiger partial charge in [-0.3, -0.25) is 19.7 Å². The quantitative estimate of drug-likeness (QED) is 0.566. The number of amides is 3. The average molecular weight is 279 g/mol. The second-order valence-corrected chi connectivity index (χ2v) is 4.73. The van der Waals surface area contributed by atoms with Gasteiger partial charge in [0, 0.05) is 29.8 Å². The molecular weight excluding hydrogens is 265 g/mol. The van der Waals surface area contributed by atoms with Crippen LogP contribution >= 0.6 is 0 Å². The molecule has 104 valence electrons. The predicted molar refractivity (Wildman–Crippen MR) is 66.9 cm³/mol. The van der Waals surface area contributed by atoms with Gasteiger partial charge >= 0.3 is 0 Å². The molecule has 1 aromatic rings. The zero-order chi connectivity index (χ0) is 16.2. The van der Waals surface area contributed by atoms with Crippen molar-refractivity contribution in [3.8, 4) is 0 Å². The van der Waals surface area contributed by atoms with Crippen LogP contribution in [0, 0.1) is 5.82 Å². The first-order chi connectivity index (χ1) is 10.3. The lowest BCUT2D eigenvalue weighted by molar-refractivity contribution is -0.136. The van der Waals surface area contributed by atoms with Crippen molar-refractivity contribution < 1.29 is 21.5 Å². The first-order valence-electron chi connectivity index (χ1n) is 7.04. The Morgan fingerprint density at radius 2 is 2.15 bits per heavy atom. The average Bonchev–Trinajstić information content (AvgIpc) is 2.81. The normalized spacial score (nSPS) is 23.4. The van der Waals surface area contributed by atoms with Crippen molar-refractivity contribution in [2.45, 2.75) is 25.4 Å². The van der Waals surface area contributed by atoms with Gasteiger partial charge in [-0.25, -0.2) is 4.39 Å². The fourth-order valence-electron chi connectivity index (χ4n) is 2.51. The maximum Gasteiger partial charge on any atom is 0.255 e. The molecule has 3 rings (SSSR count). The van der Waals surface area contributed by atoms with Crippen LogP contribution in [0.3, 0.4) is 0 Å². The van der Waals surface area contributed by atoms with Gasteiger partial charge in [-0.1, -0.05) is 0 Å². The number of halogens is 1. The molecule has 3 amide bonds. The van der Waals surface area contributed by atoms with Gasteiger partial charge < -0.3 is 10.6 Å². The van der Waals surface area contributed by atoms with Crippen molar-refractivity contribution in [1.82, 2.24) is 10.2 Å². The molecule has 1 fully saturated rings. The van der Waals surface area contributed by atoms with E-state index in [2.05, 4.69) is 5.32 Å². The van der Waals surface area contributed by atoms with Crippen LogP contribution in [0.15, 0.2) is 12.1 Å². The molecule has 2 aliphatic heterocycles. The molecule has 0 aliphatic carbocycles. The Morgan fingerprint density at radius 3 is 2.85 bits per heavy atom. The number of nitrogen functional groups attached to an aromatic ring is 1. The van der Waals surface area contributed by atoms with Crippen LogP contribution in [0.5, 0.6) is 0 Å². The highest BCUT2D eigenvalue weighted by Gasteiger charge is 2.39. The highest BCUT2D eigenvalue weighted by atomic mass is 19.1. The summed E-state index contributed by atoms with van der Waals surface area (Å²) >= 11 is 0. The monoisotopic (exact) mass is 279 g/mol. The van der Waals surface area contributed by atoms with E-state index in [1.54, 1.807) is 0 Å². The molecular formula is C13H12FN3O3. The molecule has 3 N–H and O–H groups in total. The summed E-state index contributed by atoms with van der Waals surface area (Å²) in [6.45, 7) is -0.0791. The Balaban J connectivity index is 2.02. The highest BCUT2D eigenvalue weighted by molar-refractivity contribution is 6.06. The predicted octanol–water partition coefficient (Wildman–Crippen LogP) is 0.169. The number of anilines is 1.